The van der Waals surface area contributed by atoms with E-state index in [2.05, 4.69) is 30.7 Å². The van der Waals surface area contributed by atoms with Crippen molar-refractivity contribution >= 4 is 33.3 Å². The standard InChI is InChI=1S/C17H18N2OS2/c1-10(2)9-21-17-18-15(20)14-13(11(3)22-16(14)19-17)12-7-5-4-6-8-12/h4-8,10H,9H2,1-3H3,(H,18,19,20). The normalized spacial score (nSPS) is 11.5. The fourth-order valence-corrected chi connectivity index (χ4v) is 4.28. The largest absolute Gasteiger partial charge is 0.301 e. The van der Waals surface area contributed by atoms with E-state index in [1.165, 1.54) is 0 Å². The van der Waals surface area contributed by atoms with Gasteiger partial charge >= 0.3 is 0 Å². The van der Waals surface area contributed by atoms with Crippen LogP contribution in [0.5, 0.6) is 0 Å². The minimum absolute atomic E-state index is 0.0422. The van der Waals surface area contributed by atoms with Gasteiger partial charge in [0, 0.05) is 16.2 Å². The number of nitrogens with zero attached hydrogens (tertiary/aromatic N) is 1. The fraction of sp³-hybridized carbons (Fsp3) is 0.294. The van der Waals surface area contributed by atoms with Gasteiger partial charge in [0.25, 0.3) is 5.56 Å². The third-order valence-electron chi connectivity index (χ3n) is 3.33. The molecule has 0 radical (unpaired) electrons. The van der Waals surface area contributed by atoms with Crippen LogP contribution >= 0.6 is 23.1 Å². The van der Waals surface area contributed by atoms with Crippen LogP contribution in [0.4, 0.5) is 0 Å². The molecular formula is C17H18N2OS2. The summed E-state index contributed by atoms with van der Waals surface area (Å²) in [7, 11) is 0. The lowest BCUT2D eigenvalue weighted by Gasteiger charge is -2.04. The van der Waals surface area contributed by atoms with Gasteiger partial charge in [0.05, 0.1) is 5.39 Å². The number of H-pyrrole nitrogens is 1. The highest BCUT2D eigenvalue weighted by Crippen LogP contribution is 2.35. The van der Waals surface area contributed by atoms with E-state index in [9.17, 15) is 4.79 Å². The highest BCUT2D eigenvalue weighted by molar-refractivity contribution is 7.99. The lowest BCUT2D eigenvalue weighted by atomic mass is 10.0. The summed E-state index contributed by atoms with van der Waals surface area (Å²) < 4.78 is 0. The predicted octanol–water partition coefficient (Wildman–Crippen LogP) is 4.71. The number of benzene rings is 1. The maximum atomic E-state index is 12.5. The van der Waals surface area contributed by atoms with Crippen LogP contribution in [0.2, 0.25) is 0 Å². The summed E-state index contributed by atoms with van der Waals surface area (Å²) in [5.74, 6) is 1.51. The summed E-state index contributed by atoms with van der Waals surface area (Å²) in [6, 6.07) is 10.0. The molecule has 114 valence electrons. The van der Waals surface area contributed by atoms with Gasteiger partial charge in [-0.25, -0.2) is 4.98 Å². The number of nitrogens with one attached hydrogen (secondary N) is 1. The second-order valence-electron chi connectivity index (χ2n) is 5.66. The molecule has 3 aromatic rings. The van der Waals surface area contributed by atoms with Gasteiger partial charge < -0.3 is 4.98 Å². The Kier molecular flexibility index (Phi) is 4.36. The average Bonchev–Trinajstić information content (AvgIpc) is 2.82. The molecule has 22 heavy (non-hydrogen) atoms. The highest BCUT2D eigenvalue weighted by Gasteiger charge is 2.16. The molecule has 0 unspecified atom stereocenters. The number of thiophene rings is 1. The Morgan fingerprint density at radius 2 is 2.00 bits per heavy atom. The Bertz CT molecular complexity index is 850. The van der Waals surface area contributed by atoms with Gasteiger partial charge in [0.15, 0.2) is 5.16 Å². The minimum Gasteiger partial charge on any atom is -0.301 e. The van der Waals surface area contributed by atoms with E-state index in [4.69, 9.17) is 0 Å². The van der Waals surface area contributed by atoms with E-state index < -0.39 is 0 Å². The second-order valence-corrected chi connectivity index (χ2v) is 7.87. The number of fused-ring (bicyclic) bond motifs is 1. The van der Waals surface area contributed by atoms with Crippen LogP contribution in [0.25, 0.3) is 21.3 Å². The van der Waals surface area contributed by atoms with Gasteiger partial charge in [-0.15, -0.1) is 11.3 Å². The highest BCUT2D eigenvalue weighted by atomic mass is 32.2. The van der Waals surface area contributed by atoms with Crippen molar-refractivity contribution in [3.05, 3.63) is 45.6 Å². The summed E-state index contributed by atoms with van der Waals surface area (Å²) >= 11 is 3.20. The van der Waals surface area contributed by atoms with Gasteiger partial charge in [-0.2, -0.15) is 0 Å². The molecule has 1 aromatic carbocycles. The number of aromatic nitrogens is 2. The van der Waals surface area contributed by atoms with Crippen molar-refractivity contribution in [3.8, 4) is 11.1 Å². The van der Waals surface area contributed by atoms with Crippen LogP contribution in [0.15, 0.2) is 40.3 Å². The zero-order valence-corrected chi connectivity index (χ0v) is 14.5. The molecule has 0 atom stereocenters. The zero-order chi connectivity index (χ0) is 15.7. The third kappa shape index (κ3) is 2.96. The summed E-state index contributed by atoms with van der Waals surface area (Å²) in [4.78, 5) is 22.1. The van der Waals surface area contributed by atoms with Crippen molar-refractivity contribution in [1.82, 2.24) is 9.97 Å². The number of hydrogen-bond donors (Lipinski definition) is 1. The van der Waals surface area contributed by atoms with Gasteiger partial charge in [-0.3, -0.25) is 4.79 Å². The van der Waals surface area contributed by atoms with Crippen molar-refractivity contribution in [2.75, 3.05) is 5.75 Å². The van der Waals surface area contributed by atoms with Gasteiger partial charge in [0.1, 0.15) is 4.83 Å². The Morgan fingerprint density at radius 3 is 2.68 bits per heavy atom. The topological polar surface area (TPSA) is 45.8 Å². The quantitative estimate of drug-likeness (QED) is 0.557. The number of aromatic amines is 1. The average molecular weight is 330 g/mol. The second kappa shape index (κ2) is 6.26. The molecule has 2 aromatic heterocycles. The Labute approximate surface area is 137 Å². The summed E-state index contributed by atoms with van der Waals surface area (Å²) in [5, 5.41) is 1.43. The first kappa shape index (κ1) is 15.3. The molecule has 0 spiro atoms. The van der Waals surface area contributed by atoms with Crippen LogP contribution in [-0.4, -0.2) is 15.7 Å². The molecule has 3 rings (SSSR count). The van der Waals surface area contributed by atoms with Crippen LogP contribution in [0.1, 0.15) is 18.7 Å². The molecule has 3 nitrogen and oxygen atoms in total. The Hall–Kier alpha value is -1.59. The maximum absolute atomic E-state index is 12.5. The molecule has 0 aliphatic heterocycles. The van der Waals surface area contributed by atoms with E-state index in [-0.39, 0.29) is 5.56 Å². The SMILES string of the molecule is Cc1sc2nc(SCC(C)C)[nH]c(=O)c2c1-c1ccccc1. The molecule has 0 aliphatic rings. The van der Waals surface area contributed by atoms with E-state index in [0.717, 1.165) is 26.6 Å². The van der Waals surface area contributed by atoms with Crippen molar-refractivity contribution in [2.24, 2.45) is 5.92 Å². The predicted molar refractivity (Wildman–Crippen MR) is 96.0 cm³/mol. The fourth-order valence-electron chi connectivity index (χ4n) is 2.37. The molecule has 0 saturated heterocycles. The smallest absolute Gasteiger partial charge is 0.260 e. The van der Waals surface area contributed by atoms with E-state index in [0.29, 0.717) is 16.5 Å². The number of rotatable bonds is 4. The molecule has 5 heteroatoms. The van der Waals surface area contributed by atoms with E-state index in [1.54, 1.807) is 23.1 Å². The number of aryl methyl sites for hydroxylation is 1. The van der Waals surface area contributed by atoms with Crippen molar-refractivity contribution in [2.45, 2.75) is 25.9 Å². The maximum Gasteiger partial charge on any atom is 0.260 e. The first-order chi connectivity index (χ1) is 10.6. The zero-order valence-electron chi connectivity index (χ0n) is 12.8. The van der Waals surface area contributed by atoms with Crippen molar-refractivity contribution in [3.63, 3.8) is 0 Å². The Morgan fingerprint density at radius 1 is 1.27 bits per heavy atom. The summed E-state index contributed by atoms with van der Waals surface area (Å²) in [6.45, 7) is 6.37. The monoisotopic (exact) mass is 330 g/mol. The van der Waals surface area contributed by atoms with Crippen LogP contribution < -0.4 is 5.56 Å². The lowest BCUT2D eigenvalue weighted by molar-refractivity contribution is 0.748. The molecule has 0 bridgehead atoms. The van der Waals surface area contributed by atoms with Crippen molar-refractivity contribution in [1.29, 1.82) is 0 Å². The Balaban J connectivity index is 2.13. The van der Waals surface area contributed by atoms with Gasteiger partial charge in [-0.1, -0.05) is 55.9 Å². The molecule has 1 N–H and O–H groups in total. The summed E-state index contributed by atoms with van der Waals surface area (Å²) in [5.41, 5.74) is 2.04. The van der Waals surface area contributed by atoms with Gasteiger partial charge in [-0.05, 0) is 18.4 Å². The van der Waals surface area contributed by atoms with E-state index >= 15 is 0 Å². The summed E-state index contributed by atoms with van der Waals surface area (Å²) in [6.07, 6.45) is 0. The molecule has 2 heterocycles. The number of hydrogen-bond acceptors (Lipinski definition) is 4. The molecule has 0 amide bonds. The van der Waals surface area contributed by atoms with Crippen LogP contribution in [0, 0.1) is 12.8 Å². The third-order valence-corrected chi connectivity index (χ3v) is 5.63. The van der Waals surface area contributed by atoms with Gasteiger partial charge in [0.2, 0.25) is 0 Å². The lowest BCUT2D eigenvalue weighted by Crippen LogP contribution is -2.09. The molecule has 0 saturated carbocycles. The molecular weight excluding hydrogens is 312 g/mol. The van der Waals surface area contributed by atoms with Crippen LogP contribution in [0.3, 0.4) is 0 Å². The first-order valence-electron chi connectivity index (χ1n) is 7.28. The van der Waals surface area contributed by atoms with Crippen LogP contribution in [-0.2, 0) is 0 Å². The molecule has 0 aliphatic carbocycles. The first-order valence-corrected chi connectivity index (χ1v) is 9.08. The molecule has 0 fully saturated rings. The minimum atomic E-state index is -0.0422. The number of thioether (sulfide) groups is 1. The van der Waals surface area contributed by atoms with Crippen molar-refractivity contribution < 1.29 is 0 Å². The van der Waals surface area contributed by atoms with E-state index in [1.807, 2.05) is 30.3 Å².